The minimum Gasteiger partial charge on any atom is -0.364 e. The van der Waals surface area contributed by atoms with Crippen LogP contribution in [-0.4, -0.2) is 21.6 Å². The maximum Gasteiger partial charge on any atom is 0.271 e. The Bertz CT molecular complexity index is 709. The van der Waals surface area contributed by atoms with E-state index in [-0.39, 0.29) is 23.3 Å². The van der Waals surface area contributed by atoms with E-state index in [4.69, 9.17) is 5.73 Å². The van der Waals surface area contributed by atoms with Gasteiger partial charge in [0.2, 0.25) is 5.91 Å². The summed E-state index contributed by atoms with van der Waals surface area (Å²) in [5.74, 6) is -1.47. The average Bonchev–Trinajstić information content (AvgIpc) is 2.87. The van der Waals surface area contributed by atoms with E-state index in [9.17, 15) is 14.0 Å². The first-order chi connectivity index (χ1) is 10.9. The molecule has 0 radical (unpaired) electrons. The number of nitrogens with zero attached hydrogens (tertiary/aromatic N) is 2. The van der Waals surface area contributed by atoms with Crippen molar-refractivity contribution in [1.82, 2.24) is 9.78 Å². The number of amides is 2. The number of anilines is 1. The highest BCUT2D eigenvalue weighted by Crippen LogP contribution is 2.16. The summed E-state index contributed by atoms with van der Waals surface area (Å²) in [5, 5.41) is 6.59. The first kappa shape index (κ1) is 16.7. The van der Waals surface area contributed by atoms with E-state index in [1.165, 1.54) is 23.0 Å². The molecule has 1 unspecified atom stereocenters. The van der Waals surface area contributed by atoms with Gasteiger partial charge in [0, 0.05) is 19.2 Å². The molecule has 0 spiro atoms. The molecule has 0 aliphatic rings. The molecule has 1 aromatic heterocycles. The quantitative estimate of drug-likeness (QED) is 0.852. The van der Waals surface area contributed by atoms with Gasteiger partial charge in [-0.05, 0) is 30.5 Å². The Morgan fingerprint density at radius 2 is 2.00 bits per heavy atom. The van der Waals surface area contributed by atoms with Crippen LogP contribution in [0.3, 0.4) is 0 Å². The molecule has 7 heteroatoms. The van der Waals surface area contributed by atoms with Crippen molar-refractivity contribution < 1.29 is 14.0 Å². The molecule has 122 valence electrons. The molecule has 1 atom stereocenters. The standard InChI is InChI=1S/C16H19FN4O2/c1-10(3-4-11-5-7-12(17)8-6-11)16(23)19-13-9-21(2)20-14(13)15(18)22/h5-10H,3-4H2,1-2H3,(H2,18,22)(H,19,23). The Balaban J connectivity index is 1.95. The first-order valence-electron chi connectivity index (χ1n) is 7.25. The lowest BCUT2D eigenvalue weighted by Crippen LogP contribution is -2.23. The number of carbonyl (C=O) groups is 2. The van der Waals surface area contributed by atoms with Crippen LogP contribution < -0.4 is 11.1 Å². The third kappa shape index (κ3) is 4.38. The van der Waals surface area contributed by atoms with Gasteiger partial charge >= 0.3 is 0 Å². The van der Waals surface area contributed by atoms with Crippen LogP contribution >= 0.6 is 0 Å². The fourth-order valence-corrected chi connectivity index (χ4v) is 2.18. The maximum atomic E-state index is 12.9. The van der Waals surface area contributed by atoms with Crippen molar-refractivity contribution in [3.05, 3.63) is 47.5 Å². The Kier molecular flexibility index (Phi) is 5.10. The smallest absolute Gasteiger partial charge is 0.271 e. The second-order valence-corrected chi connectivity index (χ2v) is 5.48. The second kappa shape index (κ2) is 7.04. The lowest BCUT2D eigenvalue weighted by molar-refractivity contribution is -0.119. The van der Waals surface area contributed by atoms with Gasteiger partial charge < -0.3 is 11.1 Å². The van der Waals surface area contributed by atoms with Gasteiger partial charge in [0.15, 0.2) is 5.69 Å². The van der Waals surface area contributed by atoms with E-state index in [1.807, 2.05) is 0 Å². The van der Waals surface area contributed by atoms with Crippen LogP contribution in [0.5, 0.6) is 0 Å². The van der Waals surface area contributed by atoms with Crippen molar-refractivity contribution in [2.24, 2.45) is 18.7 Å². The number of halogens is 1. The molecule has 1 aromatic carbocycles. The predicted octanol–water partition coefficient (Wildman–Crippen LogP) is 1.87. The van der Waals surface area contributed by atoms with E-state index in [0.717, 1.165) is 5.56 Å². The minimum absolute atomic E-state index is 0.0339. The second-order valence-electron chi connectivity index (χ2n) is 5.48. The summed E-state index contributed by atoms with van der Waals surface area (Å²) in [6.07, 6.45) is 2.79. The maximum absolute atomic E-state index is 12.9. The van der Waals surface area contributed by atoms with Crippen LogP contribution in [-0.2, 0) is 18.3 Å². The number of nitrogens with one attached hydrogen (secondary N) is 1. The molecule has 2 rings (SSSR count). The number of carbonyl (C=O) groups excluding carboxylic acids is 2. The van der Waals surface area contributed by atoms with Gasteiger partial charge in [0.05, 0.1) is 5.69 Å². The highest BCUT2D eigenvalue weighted by Gasteiger charge is 2.18. The topological polar surface area (TPSA) is 90.0 Å². The Morgan fingerprint density at radius 1 is 1.35 bits per heavy atom. The van der Waals surface area contributed by atoms with Gasteiger partial charge in [-0.1, -0.05) is 19.1 Å². The Morgan fingerprint density at radius 3 is 2.61 bits per heavy atom. The molecule has 0 bridgehead atoms. The molecule has 0 aliphatic carbocycles. The third-order valence-electron chi connectivity index (χ3n) is 3.55. The van der Waals surface area contributed by atoms with Crippen LogP contribution in [0.1, 0.15) is 29.4 Å². The highest BCUT2D eigenvalue weighted by atomic mass is 19.1. The summed E-state index contributed by atoms with van der Waals surface area (Å²) in [7, 11) is 1.64. The first-order valence-corrected chi connectivity index (χ1v) is 7.25. The third-order valence-corrected chi connectivity index (χ3v) is 3.55. The van der Waals surface area contributed by atoms with Crippen LogP contribution in [0.15, 0.2) is 30.5 Å². The van der Waals surface area contributed by atoms with Gasteiger partial charge in [-0.3, -0.25) is 14.3 Å². The summed E-state index contributed by atoms with van der Waals surface area (Å²) in [4.78, 5) is 23.5. The van der Waals surface area contributed by atoms with E-state index in [2.05, 4.69) is 10.4 Å². The highest BCUT2D eigenvalue weighted by molar-refractivity contribution is 6.01. The molecule has 0 saturated heterocycles. The van der Waals surface area contributed by atoms with Gasteiger partial charge in [0.25, 0.3) is 5.91 Å². The van der Waals surface area contributed by atoms with E-state index in [0.29, 0.717) is 18.5 Å². The minimum atomic E-state index is -0.695. The van der Waals surface area contributed by atoms with E-state index < -0.39 is 5.91 Å². The Hall–Kier alpha value is -2.70. The molecule has 2 amide bonds. The normalized spacial score (nSPS) is 12.0. The number of aromatic nitrogens is 2. The van der Waals surface area contributed by atoms with Crippen molar-refractivity contribution in [2.45, 2.75) is 19.8 Å². The van der Waals surface area contributed by atoms with E-state index in [1.54, 1.807) is 26.1 Å². The molecule has 3 N–H and O–H groups in total. The number of hydrogen-bond donors (Lipinski definition) is 2. The molecule has 0 fully saturated rings. The van der Waals surface area contributed by atoms with Crippen LogP contribution in [0.25, 0.3) is 0 Å². The van der Waals surface area contributed by atoms with Gasteiger partial charge in [-0.25, -0.2) is 4.39 Å². The fourth-order valence-electron chi connectivity index (χ4n) is 2.18. The van der Waals surface area contributed by atoms with Gasteiger partial charge in [-0.2, -0.15) is 5.10 Å². The van der Waals surface area contributed by atoms with Crippen LogP contribution in [0, 0.1) is 11.7 Å². The van der Waals surface area contributed by atoms with Crippen LogP contribution in [0.2, 0.25) is 0 Å². The summed E-state index contributed by atoms with van der Waals surface area (Å²) in [6, 6.07) is 6.20. The molecule has 2 aromatic rings. The van der Waals surface area contributed by atoms with Crippen molar-refractivity contribution in [3.8, 4) is 0 Å². The largest absolute Gasteiger partial charge is 0.364 e. The monoisotopic (exact) mass is 318 g/mol. The number of hydrogen-bond acceptors (Lipinski definition) is 3. The lowest BCUT2D eigenvalue weighted by atomic mass is 10.0. The number of rotatable bonds is 6. The number of primary amides is 1. The molecule has 0 saturated carbocycles. The lowest BCUT2D eigenvalue weighted by Gasteiger charge is -2.11. The summed E-state index contributed by atoms with van der Waals surface area (Å²) in [6.45, 7) is 1.79. The van der Waals surface area contributed by atoms with Crippen molar-refractivity contribution in [1.29, 1.82) is 0 Å². The molecule has 1 heterocycles. The Labute approximate surface area is 133 Å². The predicted molar refractivity (Wildman–Crippen MR) is 84.2 cm³/mol. The SMILES string of the molecule is CC(CCc1ccc(F)cc1)C(=O)Nc1cn(C)nc1C(N)=O. The number of nitrogens with two attached hydrogens (primary N) is 1. The van der Waals surface area contributed by atoms with Gasteiger partial charge in [-0.15, -0.1) is 0 Å². The van der Waals surface area contributed by atoms with Crippen molar-refractivity contribution >= 4 is 17.5 Å². The average molecular weight is 318 g/mol. The number of benzene rings is 1. The summed E-state index contributed by atoms with van der Waals surface area (Å²) >= 11 is 0. The van der Waals surface area contributed by atoms with Crippen molar-refractivity contribution in [3.63, 3.8) is 0 Å². The molecular formula is C16H19FN4O2. The summed E-state index contributed by atoms with van der Waals surface area (Å²) < 4.78 is 14.3. The van der Waals surface area contributed by atoms with E-state index >= 15 is 0 Å². The van der Waals surface area contributed by atoms with Crippen LogP contribution in [0.4, 0.5) is 10.1 Å². The summed E-state index contributed by atoms with van der Waals surface area (Å²) in [5.41, 5.74) is 6.53. The fraction of sp³-hybridized carbons (Fsp3) is 0.312. The van der Waals surface area contributed by atoms with Crippen molar-refractivity contribution in [2.75, 3.05) is 5.32 Å². The zero-order valence-corrected chi connectivity index (χ0v) is 13.0. The number of aryl methyl sites for hydroxylation is 2. The molecule has 0 aliphatic heterocycles. The molecular weight excluding hydrogens is 299 g/mol. The zero-order valence-electron chi connectivity index (χ0n) is 13.0. The molecule has 23 heavy (non-hydrogen) atoms. The molecule has 6 nitrogen and oxygen atoms in total. The van der Waals surface area contributed by atoms with Gasteiger partial charge in [0.1, 0.15) is 5.82 Å². The zero-order chi connectivity index (χ0) is 17.0.